The van der Waals surface area contributed by atoms with E-state index in [9.17, 15) is 8.42 Å². The number of nitrogens with one attached hydrogen (secondary N) is 2. The lowest BCUT2D eigenvalue weighted by Crippen LogP contribution is -2.31. The Morgan fingerprint density at radius 2 is 1.70 bits per heavy atom. The fourth-order valence-electron chi connectivity index (χ4n) is 1.92. The first kappa shape index (κ1) is 19.2. The van der Waals surface area contributed by atoms with Gasteiger partial charge >= 0.3 is 0 Å². The Bertz CT molecular complexity index is 509. The zero-order chi connectivity index (χ0) is 14.5. The molecule has 7 heteroatoms. The highest BCUT2D eigenvalue weighted by Crippen LogP contribution is 2.26. The maximum absolute atomic E-state index is 12.1. The number of likely N-dealkylation sites (N-methyl/N-ethyl adjacent to an activating group) is 1. The maximum atomic E-state index is 12.1. The normalized spacial score (nSPS) is 11.0. The molecule has 116 valence electrons. The van der Waals surface area contributed by atoms with E-state index in [0.717, 1.165) is 23.4 Å². The summed E-state index contributed by atoms with van der Waals surface area (Å²) in [6.45, 7) is 7.46. The molecule has 1 aromatic rings. The second-order valence-corrected chi connectivity index (χ2v) is 6.11. The summed E-state index contributed by atoms with van der Waals surface area (Å²) < 4.78 is 32.0. The third-order valence-electron chi connectivity index (χ3n) is 2.79. The Balaban J connectivity index is 0.00000361. The van der Waals surface area contributed by atoms with E-state index in [1.54, 1.807) is 19.2 Å². The van der Waals surface area contributed by atoms with Crippen molar-refractivity contribution in [3.63, 3.8) is 0 Å². The van der Waals surface area contributed by atoms with Crippen LogP contribution in [0, 0.1) is 13.8 Å². The Kier molecular flexibility index (Phi) is 8.12. The third kappa shape index (κ3) is 4.94. The van der Waals surface area contributed by atoms with E-state index in [-0.39, 0.29) is 17.3 Å². The van der Waals surface area contributed by atoms with Crippen molar-refractivity contribution in [1.82, 2.24) is 10.0 Å². The number of hydrogen-bond donors (Lipinski definition) is 2. The number of benzene rings is 1. The van der Waals surface area contributed by atoms with Crippen molar-refractivity contribution in [1.29, 1.82) is 0 Å². The van der Waals surface area contributed by atoms with Crippen LogP contribution in [-0.2, 0) is 10.0 Å². The van der Waals surface area contributed by atoms with Gasteiger partial charge in [0.15, 0.2) is 0 Å². The van der Waals surface area contributed by atoms with Crippen LogP contribution >= 0.6 is 12.4 Å². The largest absolute Gasteiger partial charge is 0.496 e. The molecule has 0 saturated heterocycles. The SMILES string of the molecule is CCNCCNS(=O)(=O)c1cc(C)c(OC)c(C)c1.Cl. The van der Waals surface area contributed by atoms with Gasteiger partial charge in [0.25, 0.3) is 0 Å². The second-order valence-electron chi connectivity index (χ2n) is 4.34. The van der Waals surface area contributed by atoms with Crippen molar-refractivity contribution >= 4 is 22.4 Å². The Morgan fingerprint density at radius 1 is 1.15 bits per heavy atom. The maximum Gasteiger partial charge on any atom is 0.240 e. The molecular weight excluding hydrogens is 300 g/mol. The highest BCUT2D eigenvalue weighted by Gasteiger charge is 2.16. The smallest absolute Gasteiger partial charge is 0.240 e. The summed E-state index contributed by atoms with van der Waals surface area (Å²) in [5.74, 6) is 0.728. The van der Waals surface area contributed by atoms with Gasteiger partial charge in [-0.3, -0.25) is 0 Å². The van der Waals surface area contributed by atoms with Gasteiger partial charge in [-0.05, 0) is 43.7 Å². The van der Waals surface area contributed by atoms with E-state index in [2.05, 4.69) is 10.0 Å². The van der Waals surface area contributed by atoms with E-state index in [1.807, 2.05) is 20.8 Å². The molecule has 0 aliphatic rings. The van der Waals surface area contributed by atoms with Crippen LogP contribution in [0.3, 0.4) is 0 Å². The fourth-order valence-corrected chi connectivity index (χ4v) is 3.12. The summed E-state index contributed by atoms with van der Waals surface area (Å²) >= 11 is 0. The molecule has 0 unspecified atom stereocenters. The van der Waals surface area contributed by atoms with Crippen LogP contribution in [0.2, 0.25) is 0 Å². The first-order chi connectivity index (χ1) is 8.92. The molecule has 0 aliphatic heterocycles. The summed E-state index contributed by atoms with van der Waals surface area (Å²) in [7, 11) is -1.87. The molecule has 0 saturated carbocycles. The van der Waals surface area contributed by atoms with E-state index in [4.69, 9.17) is 4.74 Å². The summed E-state index contributed by atoms with van der Waals surface area (Å²) in [5, 5.41) is 3.07. The van der Waals surface area contributed by atoms with Crippen molar-refractivity contribution < 1.29 is 13.2 Å². The van der Waals surface area contributed by atoms with Gasteiger partial charge in [0, 0.05) is 13.1 Å². The summed E-state index contributed by atoms with van der Waals surface area (Å²) in [5.41, 5.74) is 1.63. The van der Waals surface area contributed by atoms with Crippen molar-refractivity contribution in [3.8, 4) is 5.75 Å². The molecule has 20 heavy (non-hydrogen) atoms. The van der Waals surface area contributed by atoms with Crippen LogP contribution in [0.15, 0.2) is 17.0 Å². The Hall–Kier alpha value is -0.820. The zero-order valence-corrected chi connectivity index (χ0v) is 14.0. The number of ether oxygens (including phenoxy) is 1. The minimum absolute atomic E-state index is 0. The molecule has 0 spiro atoms. The number of methoxy groups -OCH3 is 1. The molecule has 0 radical (unpaired) electrons. The topological polar surface area (TPSA) is 67.4 Å². The van der Waals surface area contributed by atoms with E-state index in [1.165, 1.54) is 0 Å². The average molecular weight is 323 g/mol. The van der Waals surface area contributed by atoms with E-state index < -0.39 is 10.0 Å². The standard InChI is InChI=1S/C13H22N2O3S.ClH/c1-5-14-6-7-15-19(16,17)12-8-10(2)13(18-4)11(3)9-12;/h8-9,14-15H,5-7H2,1-4H3;1H. The molecule has 1 aromatic carbocycles. The molecule has 0 aliphatic carbocycles. The number of aryl methyl sites for hydroxylation is 2. The minimum Gasteiger partial charge on any atom is -0.496 e. The van der Waals surface area contributed by atoms with Gasteiger partial charge in [0.1, 0.15) is 5.75 Å². The van der Waals surface area contributed by atoms with Gasteiger partial charge in [0.05, 0.1) is 12.0 Å². The van der Waals surface area contributed by atoms with Crippen LogP contribution in [0.1, 0.15) is 18.1 Å². The number of rotatable bonds is 7. The first-order valence-electron chi connectivity index (χ1n) is 6.28. The molecule has 5 nitrogen and oxygen atoms in total. The number of halogens is 1. The lowest BCUT2D eigenvalue weighted by Gasteiger charge is -2.12. The second kappa shape index (κ2) is 8.46. The monoisotopic (exact) mass is 322 g/mol. The molecule has 0 aromatic heterocycles. The van der Waals surface area contributed by atoms with E-state index >= 15 is 0 Å². The van der Waals surface area contributed by atoms with E-state index in [0.29, 0.717) is 13.1 Å². The number of hydrogen-bond acceptors (Lipinski definition) is 4. The van der Waals surface area contributed by atoms with Crippen molar-refractivity contribution in [2.75, 3.05) is 26.7 Å². The molecule has 1 rings (SSSR count). The molecule has 0 fully saturated rings. The minimum atomic E-state index is -3.46. The molecular formula is C13H23ClN2O3S. The Labute approximate surface area is 127 Å². The quantitative estimate of drug-likeness (QED) is 0.749. The zero-order valence-electron chi connectivity index (χ0n) is 12.3. The predicted molar refractivity (Wildman–Crippen MR) is 83.4 cm³/mol. The van der Waals surface area contributed by atoms with Crippen LogP contribution in [-0.4, -0.2) is 35.2 Å². The highest BCUT2D eigenvalue weighted by atomic mass is 35.5. The lowest BCUT2D eigenvalue weighted by molar-refractivity contribution is 0.408. The first-order valence-corrected chi connectivity index (χ1v) is 7.76. The molecule has 0 bridgehead atoms. The summed E-state index contributed by atoms with van der Waals surface area (Å²) in [6.07, 6.45) is 0. The molecule has 0 heterocycles. The summed E-state index contributed by atoms with van der Waals surface area (Å²) in [4.78, 5) is 0.278. The lowest BCUT2D eigenvalue weighted by atomic mass is 10.1. The molecule has 2 N–H and O–H groups in total. The fraction of sp³-hybridized carbons (Fsp3) is 0.538. The van der Waals surface area contributed by atoms with Crippen LogP contribution in [0.4, 0.5) is 0 Å². The van der Waals surface area contributed by atoms with Crippen molar-refractivity contribution in [2.45, 2.75) is 25.7 Å². The van der Waals surface area contributed by atoms with Crippen molar-refractivity contribution in [3.05, 3.63) is 23.3 Å². The van der Waals surface area contributed by atoms with Gasteiger partial charge in [0.2, 0.25) is 10.0 Å². The van der Waals surface area contributed by atoms with Gasteiger partial charge in [-0.1, -0.05) is 6.92 Å². The Morgan fingerprint density at radius 3 is 2.15 bits per heavy atom. The van der Waals surface area contributed by atoms with Crippen molar-refractivity contribution in [2.24, 2.45) is 0 Å². The van der Waals surface area contributed by atoms with Gasteiger partial charge in [-0.25, -0.2) is 13.1 Å². The molecule has 0 amide bonds. The average Bonchev–Trinajstić information content (AvgIpc) is 2.34. The third-order valence-corrected chi connectivity index (χ3v) is 4.23. The van der Waals surface area contributed by atoms with Crippen LogP contribution in [0.5, 0.6) is 5.75 Å². The van der Waals surface area contributed by atoms with Gasteiger partial charge in [-0.15, -0.1) is 12.4 Å². The van der Waals surface area contributed by atoms with Gasteiger partial charge in [-0.2, -0.15) is 0 Å². The number of sulfonamides is 1. The van der Waals surface area contributed by atoms with Gasteiger partial charge < -0.3 is 10.1 Å². The molecule has 0 atom stereocenters. The highest BCUT2D eigenvalue weighted by molar-refractivity contribution is 7.89. The predicted octanol–water partition coefficient (Wildman–Crippen LogP) is 1.62. The summed E-state index contributed by atoms with van der Waals surface area (Å²) in [6, 6.07) is 3.25. The van der Waals surface area contributed by atoms with Crippen LogP contribution < -0.4 is 14.8 Å². The van der Waals surface area contributed by atoms with Crippen LogP contribution in [0.25, 0.3) is 0 Å².